The Kier molecular flexibility index (Phi) is 5.61. The Morgan fingerprint density at radius 3 is 2.63 bits per heavy atom. The number of carbonyl (C=O) groups is 2. The van der Waals surface area contributed by atoms with Gasteiger partial charge in [0.2, 0.25) is 11.8 Å². The van der Waals surface area contributed by atoms with E-state index in [0.29, 0.717) is 17.3 Å². The van der Waals surface area contributed by atoms with Crippen LogP contribution in [-0.4, -0.2) is 16.8 Å². The third-order valence-corrected chi connectivity index (χ3v) is 3.74. The average molecular weight is 367 g/mol. The highest BCUT2D eigenvalue weighted by Crippen LogP contribution is 2.22. The molecule has 6 nitrogen and oxygen atoms in total. The molecule has 3 rings (SSSR count). The van der Waals surface area contributed by atoms with Gasteiger partial charge in [-0.1, -0.05) is 30.3 Å². The zero-order valence-electron chi connectivity index (χ0n) is 14.7. The zero-order valence-corrected chi connectivity index (χ0v) is 14.7. The highest BCUT2D eigenvalue weighted by molar-refractivity contribution is 5.93. The smallest absolute Gasteiger partial charge is 0.224 e. The third-order valence-electron chi connectivity index (χ3n) is 3.74. The number of aryl methyl sites for hydroxylation is 1. The molecule has 0 spiro atoms. The number of anilines is 2. The van der Waals surface area contributed by atoms with E-state index in [1.54, 1.807) is 6.20 Å². The van der Waals surface area contributed by atoms with Crippen molar-refractivity contribution in [2.24, 2.45) is 0 Å². The van der Waals surface area contributed by atoms with Crippen molar-refractivity contribution >= 4 is 23.2 Å². The van der Waals surface area contributed by atoms with Crippen LogP contribution in [-0.2, 0) is 16.0 Å². The fraction of sp³-hybridized carbons (Fsp3) is 0.150. The van der Waals surface area contributed by atoms with Gasteiger partial charge in [0.05, 0.1) is 11.9 Å². The van der Waals surface area contributed by atoms with Gasteiger partial charge in [-0.25, -0.2) is 9.37 Å². The second kappa shape index (κ2) is 8.27. The minimum atomic E-state index is -0.583. The number of aromatic nitrogens is 1. The molecule has 1 heterocycles. The number of benzene rings is 2. The molecule has 0 aliphatic heterocycles. The molecule has 0 aliphatic carbocycles. The average Bonchev–Trinajstić information content (AvgIpc) is 3.12. The lowest BCUT2D eigenvalue weighted by Crippen LogP contribution is -2.14. The summed E-state index contributed by atoms with van der Waals surface area (Å²) in [6.45, 7) is 1.35. The summed E-state index contributed by atoms with van der Waals surface area (Å²) in [6, 6.07) is 13.5. The van der Waals surface area contributed by atoms with Crippen molar-refractivity contribution in [3.63, 3.8) is 0 Å². The predicted molar refractivity (Wildman–Crippen MR) is 99.6 cm³/mol. The first-order chi connectivity index (χ1) is 13.0. The molecule has 138 valence electrons. The van der Waals surface area contributed by atoms with E-state index in [-0.39, 0.29) is 30.3 Å². The number of hydrogen-bond acceptors (Lipinski definition) is 4. The molecule has 2 amide bonds. The van der Waals surface area contributed by atoms with Crippen LogP contribution in [0.1, 0.15) is 19.2 Å². The highest BCUT2D eigenvalue weighted by Gasteiger charge is 2.11. The van der Waals surface area contributed by atoms with Crippen molar-refractivity contribution in [1.29, 1.82) is 0 Å². The highest BCUT2D eigenvalue weighted by atomic mass is 19.1. The van der Waals surface area contributed by atoms with Crippen LogP contribution in [0.2, 0.25) is 0 Å². The number of nitrogens with zero attached hydrogens (tertiary/aromatic N) is 1. The van der Waals surface area contributed by atoms with E-state index in [2.05, 4.69) is 15.6 Å². The van der Waals surface area contributed by atoms with E-state index in [4.69, 9.17) is 4.42 Å². The second-order valence-electron chi connectivity index (χ2n) is 5.91. The molecule has 0 atom stereocenters. The van der Waals surface area contributed by atoms with E-state index in [0.717, 1.165) is 5.56 Å². The van der Waals surface area contributed by atoms with Crippen LogP contribution in [0.3, 0.4) is 0 Å². The SMILES string of the molecule is CC(=O)Nc1ccc(F)c(NC(=O)CCc2ncc(-c3ccccc3)o2)c1. The lowest BCUT2D eigenvalue weighted by Gasteiger charge is -2.08. The maximum Gasteiger partial charge on any atom is 0.224 e. The molecular formula is C20H18FN3O3. The molecule has 2 aromatic carbocycles. The lowest BCUT2D eigenvalue weighted by molar-refractivity contribution is -0.116. The Morgan fingerprint density at radius 1 is 1.11 bits per heavy atom. The van der Waals surface area contributed by atoms with Crippen LogP contribution >= 0.6 is 0 Å². The molecule has 0 fully saturated rings. The van der Waals surface area contributed by atoms with Crippen LogP contribution in [0.5, 0.6) is 0 Å². The van der Waals surface area contributed by atoms with E-state index >= 15 is 0 Å². The standard InChI is InChI=1S/C20H18FN3O3/c1-13(25)23-15-7-8-16(21)17(11-15)24-19(26)9-10-20-22-12-18(27-20)14-5-3-2-4-6-14/h2-8,11-12H,9-10H2,1H3,(H,23,25)(H,24,26). The summed E-state index contributed by atoms with van der Waals surface area (Å²) >= 11 is 0. The molecule has 1 aromatic heterocycles. The number of carbonyl (C=O) groups excluding carboxylic acids is 2. The van der Waals surface area contributed by atoms with E-state index in [1.807, 2.05) is 30.3 Å². The lowest BCUT2D eigenvalue weighted by atomic mass is 10.2. The molecule has 2 N–H and O–H groups in total. The third kappa shape index (κ3) is 5.01. The van der Waals surface area contributed by atoms with Gasteiger partial charge in [0, 0.05) is 31.0 Å². The molecule has 0 aliphatic rings. The van der Waals surface area contributed by atoms with Crippen molar-refractivity contribution in [1.82, 2.24) is 4.98 Å². The van der Waals surface area contributed by atoms with Crippen molar-refractivity contribution in [2.75, 3.05) is 10.6 Å². The minimum Gasteiger partial charge on any atom is -0.441 e. The molecule has 7 heteroatoms. The summed E-state index contributed by atoms with van der Waals surface area (Å²) < 4.78 is 19.5. The number of oxazole rings is 1. The largest absolute Gasteiger partial charge is 0.441 e. The van der Waals surface area contributed by atoms with Gasteiger partial charge in [-0.3, -0.25) is 9.59 Å². The number of hydrogen-bond donors (Lipinski definition) is 2. The summed E-state index contributed by atoms with van der Waals surface area (Å²) in [6.07, 6.45) is 1.98. The van der Waals surface area contributed by atoms with Gasteiger partial charge in [0.25, 0.3) is 0 Å². The molecule has 0 unspecified atom stereocenters. The first-order valence-corrected chi connectivity index (χ1v) is 8.38. The Bertz CT molecular complexity index is 954. The zero-order chi connectivity index (χ0) is 19.2. The maximum atomic E-state index is 13.9. The number of amides is 2. The van der Waals surface area contributed by atoms with Crippen LogP contribution in [0.4, 0.5) is 15.8 Å². The molecule has 0 saturated carbocycles. The fourth-order valence-electron chi connectivity index (χ4n) is 2.50. The van der Waals surface area contributed by atoms with Gasteiger partial charge in [-0.15, -0.1) is 0 Å². The summed E-state index contributed by atoms with van der Waals surface area (Å²) in [5.74, 6) is -0.193. The number of nitrogens with one attached hydrogen (secondary N) is 2. The molecule has 0 radical (unpaired) electrons. The maximum absolute atomic E-state index is 13.9. The monoisotopic (exact) mass is 367 g/mol. The summed E-state index contributed by atoms with van der Waals surface area (Å²) in [4.78, 5) is 27.4. The molecule has 0 bridgehead atoms. The topological polar surface area (TPSA) is 84.2 Å². The quantitative estimate of drug-likeness (QED) is 0.689. The molecular weight excluding hydrogens is 349 g/mol. The van der Waals surface area contributed by atoms with Crippen LogP contribution in [0, 0.1) is 5.82 Å². The fourth-order valence-corrected chi connectivity index (χ4v) is 2.50. The molecule has 0 saturated heterocycles. The summed E-state index contributed by atoms with van der Waals surface area (Å²) in [5, 5.41) is 5.04. The Morgan fingerprint density at radius 2 is 1.89 bits per heavy atom. The van der Waals surface area contributed by atoms with Gasteiger partial charge in [-0.05, 0) is 18.2 Å². The normalized spacial score (nSPS) is 10.4. The Labute approximate surface area is 155 Å². The van der Waals surface area contributed by atoms with Gasteiger partial charge in [0.1, 0.15) is 5.82 Å². The van der Waals surface area contributed by atoms with E-state index < -0.39 is 5.82 Å². The first-order valence-electron chi connectivity index (χ1n) is 8.38. The molecule has 3 aromatic rings. The van der Waals surface area contributed by atoms with Gasteiger partial charge < -0.3 is 15.1 Å². The number of halogens is 1. The van der Waals surface area contributed by atoms with Gasteiger partial charge >= 0.3 is 0 Å². The first kappa shape index (κ1) is 18.3. The molecule has 27 heavy (non-hydrogen) atoms. The van der Waals surface area contributed by atoms with Crippen molar-refractivity contribution < 1.29 is 18.4 Å². The van der Waals surface area contributed by atoms with Crippen LogP contribution < -0.4 is 10.6 Å². The summed E-state index contributed by atoms with van der Waals surface area (Å²) in [5.41, 5.74) is 1.31. The van der Waals surface area contributed by atoms with Crippen LogP contribution in [0.25, 0.3) is 11.3 Å². The van der Waals surface area contributed by atoms with Crippen molar-refractivity contribution in [2.45, 2.75) is 19.8 Å². The van der Waals surface area contributed by atoms with Gasteiger partial charge in [0.15, 0.2) is 11.7 Å². The summed E-state index contributed by atoms with van der Waals surface area (Å²) in [7, 11) is 0. The Hall–Kier alpha value is -3.48. The second-order valence-corrected chi connectivity index (χ2v) is 5.91. The predicted octanol–water partition coefficient (Wildman–Crippen LogP) is 4.01. The van der Waals surface area contributed by atoms with E-state index in [9.17, 15) is 14.0 Å². The minimum absolute atomic E-state index is 0.00336. The van der Waals surface area contributed by atoms with E-state index in [1.165, 1.54) is 25.1 Å². The van der Waals surface area contributed by atoms with Crippen molar-refractivity contribution in [3.8, 4) is 11.3 Å². The number of rotatable bonds is 6. The van der Waals surface area contributed by atoms with Crippen molar-refractivity contribution in [3.05, 3.63) is 66.4 Å². The van der Waals surface area contributed by atoms with Crippen LogP contribution in [0.15, 0.2) is 59.1 Å². The Balaban J connectivity index is 1.59. The van der Waals surface area contributed by atoms with Gasteiger partial charge in [-0.2, -0.15) is 0 Å².